The normalized spacial score (nSPS) is 12.9. The average molecular weight is 387 g/mol. The van der Waals surface area contributed by atoms with Crippen molar-refractivity contribution in [2.45, 2.75) is 19.8 Å². The molecule has 0 aliphatic heterocycles. The number of benzene rings is 2. The van der Waals surface area contributed by atoms with E-state index in [9.17, 15) is 13.2 Å². The summed E-state index contributed by atoms with van der Waals surface area (Å²) in [5, 5.41) is 2.96. The predicted molar refractivity (Wildman–Crippen MR) is 111 cm³/mol. The Hall–Kier alpha value is -2.60. The Kier molecular flexibility index (Phi) is 7.19. The second-order valence-electron chi connectivity index (χ2n) is 6.84. The van der Waals surface area contributed by atoms with Crippen LogP contribution in [0.25, 0.3) is 6.08 Å². The molecule has 1 atom stereocenters. The number of amides is 1. The van der Waals surface area contributed by atoms with Gasteiger partial charge in [-0.15, -0.1) is 0 Å². The van der Waals surface area contributed by atoms with Gasteiger partial charge in [0.05, 0.1) is 6.26 Å². The van der Waals surface area contributed by atoms with E-state index in [0.29, 0.717) is 18.2 Å². The molecule has 1 amide bonds. The van der Waals surface area contributed by atoms with E-state index in [-0.39, 0.29) is 11.8 Å². The Bertz CT molecular complexity index is 873. The van der Waals surface area contributed by atoms with Crippen LogP contribution in [0, 0.1) is 5.92 Å². The van der Waals surface area contributed by atoms with Crippen molar-refractivity contribution in [2.24, 2.45) is 5.92 Å². The summed E-state index contributed by atoms with van der Waals surface area (Å²) in [6.45, 7) is 4.86. The third-order valence-electron chi connectivity index (χ3n) is 4.17. The van der Waals surface area contributed by atoms with Crippen LogP contribution in [0.4, 0.5) is 5.69 Å². The lowest BCUT2D eigenvalue weighted by Gasteiger charge is -2.21. The number of carbonyl (C=O) groups is 1. The van der Waals surface area contributed by atoms with Crippen molar-refractivity contribution in [1.29, 1.82) is 0 Å². The van der Waals surface area contributed by atoms with E-state index in [4.69, 9.17) is 0 Å². The average Bonchev–Trinajstić information content (AvgIpc) is 2.60. The van der Waals surface area contributed by atoms with Crippen molar-refractivity contribution < 1.29 is 13.2 Å². The Morgan fingerprint density at radius 1 is 1.04 bits per heavy atom. The molecule has 0 heterocycles. The third kappa shape index (κ3) is 7.27. The molecule has 0 aliphatic rings. The van der Waals surface area contributed by atoms with Gasteiger partial charge in [-0.1, -0.05) is 56.3 Å². The lowest BCUT2D eigenvalue weighted by Crippen LogP contribution is -2.29. The van der Waals surface area contributed by atoms with Gasteiger partial charge in [0, 0.05) is 24.2 Å². The van der Waals surface area contributed by atoms with Gasteiger partial charge in [0.25, 0.3) is 0 Å². The van der Waals surface area contributed by atoms with E-state index in [2.05, 4.69) is 36.0 Å². The summed E-state index contributed by atoms with van der Waals surface area (Å²) in [5.41, 5.74) is 2.51. The third-order valence-corrected chi connectivity index (χ3v) is 4.78. The molecule has 0 saturated heterocycles. The largest absolute Gasteiger partial charge is 0.352 e. The monoisotopic (exact) mass is 386 g/mol. The lowest BCUT2D eigenvalue weighted by atomic mass is 9.88. The molecule has 0 aromatic heterocycles. The minimum atomic E-state index is -3.29. The van der Waals surface area contributed by atoms with Gasteiger partial charge >= 0.3 is 0 Å². The maximum absolute atomic E-state index is 12.1. The molecule has 2 aromatic rings. The predicted octanol–water partition coefficient (Wildman–Crippen LogP) is 3.63. The number of nitrogens with one attached hydrogen (secondary N) is 2. The summed E-state index contributed by atoms with van der Waals surface area (Å²) < 4.78 is 24.8. The van der Waals surface area contributed by atoms with Crippen molar-refractivity contribution in [3.05, 3.63) is 71.8 Å². The fourth-order valence-electron chi connectivity index (χ4n) is 2.76. The number of hydrogen-bond donors (Lipinski definition) is 2. The van der Waals surface area contributed by atoms with Crippen LogP contribution in [0.3, 0.4) is 0 Å². The number of hydrogen-bond acceptors (Lipinski definition) is 3. The first-order chi connectivity index (χ1) is 12.7. The van der Waals surface area contributed by atoms with Crippen LogP contribution in [0.1, 0.15) is 30.9 Å². The minimum absolute atomic E-state index is 0.157. The van der Waals surface area contributed by atoms with Crippen LogP contribution in [-0.4, -0.2) is 27.1 Å². The highest BCUT2D eigenvalue weighted by Crippen LogP contribution is 2.23. The first-order valence-corrected chi connectivity index (χ1v) is 10.7. The van der Waals surface area contributed by atoms with Crippen molar-refractivity contribution in [2.75, 3.05) is 17.5 Å². The lowest BCUT2D eigenvalue weighted by molar-refractivity contribution is -0.116. The highest BCUT2D eigenvalue weighted by Gasteiger charge is 2.15. The van der Waals surface area contributed by atoms with Gasteiger partial charge in [-0.3, -0.25) is 9.52 Å². The molecule has 0 saturated carbocycles. The van der Waals surface area contributed by atoms with Crippen LogP contribution in [0.5, 0.6) is 0 Å². The van der Waals surface area contributed by atoms with E-state index in [1.165, 1.54) is 11.6 Å². The topological polar surface area (TPSA) is 75.3 Å². The first-order valence-electron chi connectivity index (χ1n) is 8.83. The molecule has 144 valence electrons. The van der Waals surface area contributed by atoms with Crippen molar-refractivity contribution >= 4 is 27.7 Å². The van der Waals surface area contributed by atoms with Crippen LogP contribution < -0.4 is 10.0 Å². The van der Waals surface area contributed by atoms with Crippen molar-refractivity contribution in [3.8, 4) is 0 Å². The van der Waals surface area contributed by atoms with Crippen LogP contribution >= 0.6 is 0 Å². The molecule has 2 N–H and O–H groups in total. The first kappa shape index (κ1) is 20.7. The molecule has 0 radical (unpaired) electrons. The SMILES string of the molecule is CC(C)C(CNC(=O)/C=C/c1ccc(NS(C)(=O)=O)cc1)c1ccccc1. The van der Waals surface area contributed by atoms with Gasteiger partial charge in [-0.05, 0) is 35.3 Å². The van der Waals surface area contributed by atoms with Crippen molar-refractivity contribution in [1.82, 2.24) is 5.32 Å². The van der Waals surface area contributed by atoms with E-state index in [1.54, 1.807) is 30.3 Å². The smallest absolute Gasteiger partial charge is 0.244 e. The standard InChI is InChI=1S/C21H26N2O3S/c1-16(2)20(18-7-5-4-6-8-18)15-22-21(24)14-11-17-9-12-19(13-10-17)23-27(3,25)26/h4-14,16,20,23H,15H2,1-3H3,(H,22,24)/b14-11+. The van der Waals surface area contributed by atoms with E-state index in [1.807, 2.05) is 18.2 Å². The van der Waals surface area contributed by atoms with E-state index < -0.39 is 10.0 Å². The minimum Gasteiger partial charge on any atom is -0.352 e. The zero-order valence-electron chi connectivity index (χ0n) is 15.8. The molecule has 0 fully saturated rings. The molecule has 2 aromatic carbocycles. The molecule has 0 aliphatic carbocycles. The van der Waals surface area contributed by atoms with Gasteiger partial charge in [-0.25, -0.2) is 8.42 Å². The summed E-state index contributed by atoms with van der Waals surface area (Å²) in [6.07, 6.45) is 4.29. The highest BCUT2D eigenvalue weighted by atomic mass is 32.2. The summed E-state index contributed by atoms with van der Waals surface area (Å²) in [5.74, 6) is 0.506. The summed E-state index contributed by atoms with van der Waals surface area (Å²) in [7, 11) is -3.29. The fourth-order valence-corrected chi connectivity index (χ4v) is 3.32. The van der Waals surface area contributed by atoms with Crippen LogP contribution in [0.2, 0.25) is 0 Å². The van der Waals surface area contributed by atoms with Crippen LogP contribution in [0.15, 0.2) is 60.7 Å². The Labute approximate surface area is 161 Å². The van der Waals surface area contributed by atoms with Crippen LogP contribution in [-0.2, 0) is 14.8 Å². The second-order valence-corrected chi connectivity index (χ2v) is 8.58. The number of sulfonamides is 1. The van der Waals surface area contributed by atoms with Crippen molar-refractivity contribution in [3.63, 3.8) is 0 Å². The summed E-state index contributed by atoms with van der Waals surface area (Å²) in [4.78, 5) is 12.1. The molecule has 2 rings (SSSR count). The van der Waals surface area contributed by atoms with E-state index in [0.717, 1.165) is 11.8 Å². The maximum atomic E-state index is 12.1. The molecule has 27 heavy (non-hydrogen) atoms. The molecule has 0 spiro atoms. The molecule has 5 nitrogen and oxygen atoms in total. The Balaban J connectivity index is 1.92. The maximum Gasteiger partial charge on any atom is 0.244 e. The number of carbonyl (C=O) groups excluding carboxylic acids is 1. The molecule has 0 bridgehead atoms. The number of rotatable bonds is 8. The molecule has 1 unspecified atom stereocenters. The molecule has 6 heteroatoms. The Morgan fingerprint density at radius 3 is 2.22 bits per heavy atom. The molecular formula is C21H26N2O3S. The quantitative estimate of drug-likeness (QED) is 0.680. The zero-order valence-corrected chi connectivity index (χ0v) is 16.7. The summed E-state index contributed by atoms with van der Waals surface area (Å²) in [6, 6.07) is 17.0. The van der Waals surface area contributed by atoms with Gasteiger partial charge in [0.15, 0.2) is 0 Å². The number of anilines is 1. The fraction of sp³-hybridized carbons (Fsp3) is 0.286. The van der Waals surface area contributed by atoms with Gasteiger partial charge < -0.3 is 5.32 Å². The Morgan fingerprint density at radius 2 is 1.67 bits per heavy atom. The van der Waals surface area contributed by atoms with Gasteiger partial charge in [-0.2, -0.15) is 0 Å². The van der Waals surface area contributed by atoms with Gasteiger partial charge in [0.1, 0.15) is 0 Å². The molecular weight excluding hydrogens is 360 g/mol. The highest BCUT2D eigenvalue weighted by molar-refractivity contribution is 7.92. The van der Waals surface area contributed by atoms with E-state index >= 15 is 0 Å². The zero-order chi connectivity index (χ0) is 19.9. The second kappa shape index (κ2) is 9.37. The van der Waals surface area contributed by atoms with Gasteiger partial charge in [0.2, 0.25) is 15.9 Å². The summed E-state index contributed by atoms with van der Waals surface area (Å²) >= 11 is 0.